The van der Waals surface area contributed by atoms with Crippen molar-refractivity contribution in [2.24, 2.45) is 4.99 Å². The molecule has 4 nitrogen and oxygen atoms in total. The van der Waals surface area contributed by atoms with Crippen LogP contribution in [0.25, 0.3) is 0 Å². The lowest BCUT2D eigenvalue weighted by Crippen LogP contribution is -2.41. The maximum atomic E-state index is 11.4. The van der Waals surface area contributed by atoms with Crippen LogP contribution in [0.1, 0.15) is 6.42 Å². The summed E-state index contributed by atoms with van der Waals surface area (Å²) in [7, 11) is 1.47. The molecule has 0 N–H and O–H groups in total. The minimum atomic E-state index is -0.605. The summed E-state index contributed by atoms with van der Waals surface area (Å²) in [5.74, 6) is 2.75. The van der Waals surface area contributed by atoms with Gasteiger partial charge < -0.3 is 9.80 Å². The monoisotopic (exact) mass is 215 g/mol. The van der Waals surface area contributed by atoms with Crippen LogP contribution < -0.4 is 0 Å². The SMILES string of the molecule is CN1CCN=C1N1CCCS(=O)CC1. The molecular weight excluding hydrogens is 198 g/mol. The standard InChI is InChI=1S/C9H17N3OS/c1-11-5-3-10-9(11)12-4-2-7-14(13)8-6-12/h2-8H2,1H3. The van der Waals surface area contributed by atoms with E-state index in [1.165, 1.54) is 0 Å². The molecule has 2 aliphatic heterocycles. The first-order valence-corrected chi connectivity index (χ1v) is 6.61. The molecule has 0 radical (unpaired) electrons. The fraction of sp³-hybridized carbons (Fsp3) is 0.889. The second-order valence-corrected chi connectivity index (χ2v) is 5.49. The smallest absolute Gasteiger partial charge is 0.196 e. The second kappa shape index (κ2) is 4.29. The number of likely N-dealkylation sites (N-methyl/N-ethyl adjacent to an activating group) is 1. The fourth-order valence-electron chi connectivity index (χ4n) is 1.90. The van der Waals surface area contributed by atoms with Gasteiger partial charge in [0, 0.05) is 49.0 Å². The molecular formula is C9H17N3OS. The Balaban J connectivity index is 2.00. The van der Waals surface area contributed by atoms with Gasteiger partial charge in [-0.1, -0.05) is 0 Å². The van der Waals surface area contributed by atoms with Crippen molar-refractivity contribution in [1.29, 1.82) is 0 Å². The summed E-state index contributed by atoms with van der Waals surface area (Å²) in [5, 5.41) is 0. The van der Waals surface area contributed by atoms with E-state index in [-0.39, 0.29) is 0 Å². The van der Waals surface area contributed by atoms with Gasteiger partial charge in [0.05, 0.1) is 6.54 Å². The summed E-state index contributed by atoms with van der Waals surface area (Å²) in [4.78, 5) is 8.94. The zero-order valence-electron chi connectivity index (χ0n) is 8.61. The zero-order valence-corrected chi connectivity index (χ0v) is 9.42. The van der Waals surface area contributed by atoms with Crippen LogP contribution >= 0.6 is 0 Å². The van der Waals surface area contributed by atoms with E-state index in [9.17, 15) is 4.21 Å². The summed E-state index contributed by atoms with van der Waals surface area (Å²) in [6.45, 7) is 3.84. The fourth-order valence-corrected chi connectivity index (χ4v) is 2.98. The van der Waals surface area contributed by atoms with Gasteiger partial charge in [0.15, 0.2) is 5.96 Å². The Kier molecular flexibility index (Phi) is 3.05. The first-order valence-electron chi connectivity index (χ1n) is 5.13. The molecule has 2 rings (SSSR count). The van der Waals surface area contributed by atoms with Crippen molar-refractivity contribution < 1.29 is 4.21 Å². The maximum absolute atomic E-state index is 11.4. The molecule has 0 saturated carbocycles. The van der Waals surface area contributed by atoms with E-state index in [1.54, 1.807) is 0 Å². The molecule has 80 valence electrons. The minimum Gasteiger partial charge on any atom is -0.344 e. The highest BCUT2D eigenvalue weighted by molar-refractivity contribution is 7.85. The molecule has 2 heterocycles. The average molecular weight is 215 g/mol. The highest BCUT2D eigenvalue weighted by atomic mass is 32.2. The van der Waals surface area contributed by atoms with Crippen LogP contribution in [0.3, 0.4) is 0 Å². The number of rotatable bonds is 0. The molecule has 14 heavy (non-hydrogen) atoms. The molecule has 0 bridgehead atoms. The van der Waals surface area contributed by atoms with Crippen molar-refractivity contribution in [3.05, 3.63) is 0 Å². The summed E-state index contributed by atoms with van der Waals surface area (Å²) in [5.41, 5.74) is 0. The Morgan fingerprint density at radius 2 is 2.14 bits per heavy atom. The molecule has 0 aromatic rings. The predicted octanol–water partition coefficient (Wildman–Crippen LogP) is -0.258. The van der Waals surface area contributed by atoms with E-state index in [0.717, 1.165) is 50.1 Å². The molecule has 5 heteroatoms. The van der Waals surface area contributed by atoms with E-state index < -0.39 is 10.8 Å². The van der Waals surface area contributed by atoms with Crippen LogP contribution in [-0.4, -0.2) is 64.7 Å². The van der Waals surface area contributed by atoms with Gasteiger partial charge in [-0.05, 0) is 6.42 Å². The molecule has 0 spiro atoms. The van der Waals surface area contributed by atoms with Crippen molar-refractivity contribution in [2.75, 3.05) is 44.7 Å². The van der Waals surface area contributed by atoms with Crippen LogP contribution in [-0.2, 0) is 10.8 Å². The van der Waals surface area contributed by atoms with Gasteiger partial charge >= 0.3 is 0 Å². The van der Waals surface area contributed by atoms with Gasteiger partial charge in [0.25, 0.3) is 0 Å². The molecule has 1 fully saturated rings. The van der Waals surface area contributed by atoms with Gasteiger partial charge in [0.2, 0.25) is 0 Å². The Labute approximate surface area is 87.4 Å². The molecule has 1 unspecified atom stereocenters. The van der Waals surface area contributed by atoms with Gasteiger partial charge in [-0.15, -0.1) is 0 Å². The lowest BCUT2D eigenvalue weighted by molar-refractivity contribution is 0.385. The van der Waals surface area contributed by atoms with Gasteiger partial charge in [0.1, 0.15) is 0 Å². The first kappa shape index (κ1) is 9.96. The van der Waals surface area contributed by atoms with Crippen molar-refractivity contribution in [3.8, 4) is 0 Å². The molecule has 0 aliphatic carbocycles. The Morgan fingerprint density at radius 1 is 1.29 bits per heavy atom. The third-order valence-electron chi connectivity index (χ3n) is 2.70. The van der Waals surface area contributed by atoms with Crippen LogP contribution in [0.15, 0.2) is 4.99 Å². The maximum Gasteiger partial charge on any atom is 0.196 e. The normalized spacial score (nSPS) is 28.9. The summed E-state index contributed by atoms with van der Waals surface area (Å²) >= 11 is 0. The number of hydrogen-bond acceptors (Lipinski definition) is 4. The molecule has 0 aromatic heterocycles. The summed E-state index contributed by atoms with van der Waals surface area (Å²) < 4.78 is 11.4. The van der Waals surface area contributed by atoms with E-state index in [0.29, 0.717) is 0 Å². The third-order valence-corrected chi connectivity index (χ3v) is 4.08. The Hall–Kier alpha value is -0.580. The van der Waals surface area contributed by atoms with Crippen LogP contribution in [0.4, 0.5) is 0 Å². The molecule has 0 aromatic carbocycles. The van der Waals surface area contributed by atoms with Crippen LogP contribution in [0.2, 0.25) is 0 Å². The average Bonchev–Trinajstić information content (AvgIpc) is 2.46. The third kappa shape index (κ3) is 2.08. The highest BCUT2D eigenvalue weighted by Crippen LogP contribution is 2.08. The van der Waals surface area contributed by atoms with Crippen molar-refractivity contribution in [1.82, 2.24) is 9.80 Å². The second-order valence-electron chi connectivity index (χ2n) is 3.79. The molecule has 0 amide bonds. The molecule has 2 aliphatic rings. The Morgan fingerprint density at radius 3 is 2.86 bits per heavy atom. The van der Waals surface area contributed by atoms with Crippen LogP contribution in [0.5, 0.6) is 0 Å². The molecule has 1 saturated heterocycles. The zero-order chi connectivity index (χ0) is 9.97. The van der Waals surface area contributed by atoms with Gasteiger partial charge in [-0.2, -0.15) is 0 Å². The number of aliphatic imine (C=N–C) groups is 1. The number of guanidine groups is 1. The van der Waals surface area contributed by atoms with Gasteiger partial charge in [-0.25, -0.2) is 0 Å². The number of nitrogens with zero attached hydrogens (tertiary/aromatic N) is 3. The predicted molar refractivity (Wildman–Crippen MR) is 59.0 cm³/mol. The lowest BCUT2D eigenvalue weighted by atomic mass is 10.4. The summed E-state index contributed by atoms with van der Waals surface area (Å²) in [6.07, 6.45) is 1.03. The highest BCUT2D eigenvalue weighted by Gasteiger charge is 2.21. The Bertz CT molecular complexity index is 267. The van der Waals surface area contributed by atoms with Crippen molar-refractivity contribution in [2.45, 2.75) is 6.42 Å². The van der Waals surface area contributed by atoms with Crippen molar-refractivity contribution in [3.63, 3.8) is 0 Å². The van der Waals surface area contributed by atoms with Crippen LogP contribution in [0, 0.1) is 0 Å². The first-order chi connectivity index (χ1) is 6.77. The van der Waals surface area contributed by atoms with E-state index in [1.807, 2.05) is 0 Å². The topological polar surface area (TPSA) is 35.9 Å². The lowest BCUT2D eigenvalue weighted by Gasteiger charge is -2.26. The minimum absolute atomic E-state index is 0.605. The van der Waals surface area contributed by atoms with E-state index in [4.69, 9.17) is 0 Å². The summed E-state index contributed by atoms with van der Waals surface area (Å²) in [6, 6.07) is 0. The molecule has 1 atom stereocenters. The van der Waals surface area contributed by atoms with E-state index in [2.05, 4.69) is 21.8 Å². The number of hydrogen-bond donors (Lipinski definition) is 0. The van der Waals surface area contributed by atoms with E-state index >= 15 is 0 Å². The largest absolute Gasteiger partial charge is 0.344 e. The quantitative estimate of drug-likeness (QED) is 0.559. The van der Waals surface area contributed by atoms with Crippen molar-refractivity contribution >= 4 is 16.8 Å². The van der Waals surface area contributed by atoms with Gasteiger partial charge in [-0.3, -0.25) is 9.20 Å².